The van der Waals surface area contributed by atoms with Crippen molar-refractivity contribution >= 4 is 5.91 Å². The molecule has 1 aliphatic carbocycles. The van der Waals surface area contributed by atoms with E-state index in [1.165, 1.54) is 0 Å². The van der Waals surface area contributed by atoms with Crippen molar-refractivity contribution < 1.29 is 4.79 Å². The lowest BCUT2D eigenvalue weighted by atomic mass is 9.94. The fraction of sp³-hybridized carbons (Fsp3) is 0.583. The van der Waals surface area contributed by atoms with Crippen molar-refractivity contribution in [3.63, 3.8) is 0 Å². The Morgan fingerprint density at radius 1 is 1.59 bits per heavy atom. The largest absolute Gasteiger partial charge is 0.349 e. The number of carbonyl (C=O) groups excluding carboxylic acids is 1. The van der Waals surface area contributed by atoms with Gasteiger partial charge in [-0.1, -0.05) is 12.2 Å². The summed E-state index contributed by atoms with van der Waals surface area (Å²) in [6.45, 7) is 3.32. The SMILES string of the molecule is CCn1cnnc1CNC(=O)C1CC=CCC1. The molecule has 0 aromatic carbocycles. The highest BCUT2D eigenvalue weighted by molar-refractivity contribution is 5.78. The molecule has 0 bridgehead atoms. The Morgan fingerprint density at radius 2 is 2.47 bits per heavy atom. The van der Waals surface area contributed by atoms with E-state index < -0.39 is 0 Å². The number of hydrogen-bond acceptors (Lipinski definition) is 3. The van der Waals surface area contributed by atoms with Crippen molar-refractivity contribution in [1.82, 2.24) is 20.1 Å². The average molecular weight is 234 g/mol. The standard InChI is InChI=1S/C12H18N4O/c1-2-16-9-14-15-11(16)8-13-12(17)10-6-4-3-5-7-10/h3-4,9-10H,2,5-8H2,1H3,(H,13,17). The highest BCUT2D eigenvalue weighted by Crippen LogP contribution is 2.18. The lowest BCUT2D eigenvalue weighted by molar-refractivity contribution is -0.125. The highest BCUT2D eigenvalue weighted by Gasteiger charge is 2.18. The fourth-order valence-electron chi connectivity index (χ4n) is 2.02. The second kappa shape index (κ2) is 5.61. The van der Waals surface area contributed by atoms with Gasteiger partial charge in [-0.25, -0.2) is 0 Å². The third-order valence-corrected chi connectivity index (χ3v) is 3.10. The quantitative estimate of drug-likeness (QED) is 0.798. The number of amides is 1. The molecule has 1 atom stereocenters. The van der Waals surface area contributed by atoms with Gasteiger partial charge in [-0.05, 0) is 26.2 Å². The van der Waals surface area contributed by atoms with Crippen LogP contribution in [-0.4, -0.2) is 20.7 Å². The van der Waals surface area contributed by atoms with Crippen LogP contribution in [0.25, 0.3) is 0 Å². The van der Waals surface area contributed by atoms with Crippen molar-refractivity contribution in [3.05, 3.63) is 24.3 Å². The predicted molar refractivity (Wildman–Crippen MR) is 64.0 cm³/mol. The van der Waals surface area contributed by atoms with E-state index >= 15 is 0 Å². The zero-order valence-corrected chi connectivity index (χ0v) is 10.1. The Morgan fingerprint density at radius 3 is 3.18 bits per heavy atom. The van der Waals surface area contributed by atoms with E-state index in [0.717, 1.165) is 31.6 Å². The number of nitrogens with zero attached hydrogens (tertiary/aromatic N) is 3. The molecule has 0 fully saturated rings. The Labute approximate surface area is 101 Å². The van der Waals surface area contributed by atoms with Crippen LogP contribution in [0, 0.1) is 5.92 Å². The van der Waals surface area contributed by atoms with E-state index in [1.807, 2.05) is 11.5 Å². The molecule has 1 aliphatic rings. The first-order chi connectivity index (χ1) is 8.31. The first kappa shape index (κ1) is 11.8. The molecule has 1 heterocycles. The molecule has 2 rings (SSSR count). The van der Waals surface area contributed by atoms with Crippen LogP contribution in [0.3, 0.4) is 0 Å². The molecular weight excluding hydrogens is 216 g/mol. The number of aryl methyl sites for hydroxylation is 1. The van der Waals surface area contributed by atoms with Crippen molar-refractivity contribution in [2.75, 3.05) is 0 Å². The van der Waals surface area contributed by atoms with Gasteiger partial charge < -0.3 is 9.88 Å². The number of hydrogen-bond donors (Lipinski definition) is 1. The molecule has 0 aliphatic heterocycles. The molecule has 1 aromatic heterocycles. The van der Waals surface area contributed by atoms with Gasteiger partial charge in [0.1, 0.15) is 6.33 Å². The molecule has 5 heteroatoms. The Kier molecular flexibility index (Phi) is 3.90. The van der Waals surface area contributed by atoms with Crippen LogP contribution >= 0.6 is 0 Å². The summed E-state index contributed by atoms with van der Waals surface area (Å²) in [6.07, 6.45) is 8.71. The molecular formula is C12H18N4O. The third-order valence-electron chi connectivity index (χ3n) is 3.10. The topological polar surface area (TPSA) is 59.8 Å². The number of aromatic nitrogens is 3. The van der Waals surface area contributed by atoms with Gasteiger partial charge in [0.05, 0.1) is 6.54 Å². The Bertz CT molecular complexity index is 410. The number of nitrogens with one attached hydrogen (secondary N) is 1. The molecule has 0 radical (unpaired) electrons. The first-order valence-electron chi connectivity index (χ1n) is 6.10. The van der Waals surface area contributed by atoms with Crippen LogP contribution in [0.15, 0.2) is 18.5 Å². The van der Waals surface area contributed by atoms with Gasteiger partial charge in [0.15, 0.2) is 5.82 Å². The molecule has 0 saturated heterocycles. The fourth-order valence-corrected chi connectivity index (χ4v) is 2.02. The summed E-state index contributed by atoms with van der Waals surface area (Å²) in [5.74, 6) is 1.06. The summed E-state index contributed by atoms with van der Waals surface area (Å²) >= 11 is 0. The minimum atomic E-state index is 0.123. The maximum absolute atomic E-state index is 11.9. The number of carbonyl (C=O) groups is 1. The zero-order chi connectivity index (χ0) is 12.1. The van der Waals surface area contributed by atoms with E-state index in [4.69, 9.17) is 0 Å². The molecule has 1 aromatic rings. The monoisotopic (exact) mass is 234 g/mol. The molecule has 17 heavy (non-hydrogen) atoms. The van der Waals surface area contributed by atoms with E-state index in [2.05, 4.69) is 27.7 Å². The molecule has 0 saturated carbocycles. The van der Waals surface area contributed by atoms with E-state index in [9.17, 15) is 4.79 Å². The van der Waals surface area contributed by atoms with Crippen LogP contribution in [-0.2, 0) is 17.9 Å². The smallest absolute Gasteiger partial charge is 0.223 e. The first-order valence-corrected chi connectivity index (χ1v) is 6.10. The third kappa shape index (κ3) is 2.93. The normalized spacial score (nSPS) is 19.2. The Balaban J connectivity index is 1.85. The number of allylic oxidation sites excluding steroid dienone is 2. The summed E-state index contributed by atoms with van der Waals surface area (Å²) in [6, 6.07) is 0. The average Bonchev–Trinajstić information content (AvgIpc) is 2.84. The van der Waals surface area contributed by atoms with E-state index in [0.29, 0.717) is 6.54 Å². The molecule has 1 unspecified atom stereocenters. The van der Waals surface area contributed by atoms with Crippen molar-refractivity contribution in [1.29, 1.82) is 0 Å². The minimum absolute atomic E-state index is 0.123. The van der Waals surface area contributed by atoms with Crippen LogP contribution in [0.2, 0.25) is 0 Å². The molecule has 0 spiro atoms. The summed E-state index contributed by atoms with van der Waals surface area (Å²) < 4.78 is 1.93. The van der Waals surface area contributed by atoms with Crippen LogP contribution in [0.5, 0.6) is 0 Å². The summed E-state index contributed by atoms with van der Waals surface area (Å²) in [5.41, 5.74) is 0. The summed E-state index contributed by atoms with van der Waals surface area (Å²) in [7, 11) is 0. The van der Waals surface area contributed by atoms with E-state index in [-0.39, 0.29) is 11.8 Å². The maximum Gasteiger partial charge on any atom is 0.223 e. The van der Waals surface area contributed by atoms with Crippen molar-refractivity contribution in [3.8, 4) is 0 Å². The second-order valence-electron chi connectivity index (χ2n) is 4.23. The van der Waals surface area contributed by atoms with E-state index in [1.54, 1.807) is 6.33 Å². The second-order valence-corrected chi connectivity index (χ2v) is 4.23. The molecule has 1 amide bonds. The van der Waals surface area contributed by atoms with Gasteiger partial charge in [0.2, 0.25) is 5.91 Å². The van der Waals surface area contributed by atoms with Crippen LogP contribution in [0.1, 0.15) is 32.0 Å². The van der Waals surface area contributed by atoms with Gasteiger partial charge in [0.25, 0.3) is 0 Å². The summed E-state index contributed by atoms with van der Waals surface area (Å²) in [4.78, 5) is 11.9. The van der Waals surface area contributed by atoms with Crippen molar-refractivity contribution in [2.45, 2.75) is 39.3 Å². The van der Waals surface area contributed by atoms with Gasteiger partial charge in [-0.3, -0.25) is 4.79 Å². The van der Waals surface area contributed by atoms with Gasteiger partial charge in [-0.15, -0.1) is 10.2 Å². The molecule has 92 valence electrons. The molecule has 5 nitrogen and oxygen atoms in total. The van der Waals surface area contributed by atoms with Gasteiger partial charge in [0, 0.05) is 12.5 Å². The van der Waals surface area contributed by atoms with Crippen LogP contribution in [0.4, 0.5) is 0 Å². The lowest BCUT2D eigenvalue weighted by Gasteiger charge is -2.17. The zero-order valence-electron chi connectivity index (χ0n) is 10.1. The van der Waals surface area contributed by atoms with Gasteiger partial charge >= 0.3 is 0 Å². The minimum Gasteiger partial charge on any atom is -0.349 e. The van der Waals surface area contributed by atoms with Gasteiger partial charge in [-0.2, -0.15) is 0 Å². The maximum atomic E-state index is 11.9. The highest BCUT2D eigenvalue weighted by atomic mass is 16.1. The van der Waals surface area contributed by atoms with Crippen LogP contribution < -0.4 is 5.32 Å². The lowest BCUT2D eigenvalue weighted by Crippen LogP contribution is -2.31. The Hall–Kier alpha value is -1.65. The number of rotatable bonds is 4. The molecule has 1 N–H and O–H groups in total. The van der Waals surface area contributed by atoms with Crippen molar-refractivity contribution in [2.24, 2.45) is 5.92 Å². The predicted octanol–water partition coefficient (Wildman–Crippen LogP) is 1.27. The summed E-state index contributed by atoms with van der Waals surface area (Å²) in [5, 5.41) is 10.8.